The van der Waals surface area contributed by atoms with Gasteiger partial charge in [-0.05, 0) is 36.5 Å². The van der Waals surface area contributed by atoms with Crippen LogP contribution in [0.15, 0.2) is 18.2 Å². The molecule has 0 bridgehead atoms. The van der Waals surface area contributed by atoms with E-state index in [4.69, 9.17) is 15.2 Å². The van der Waals surface area contributed by atoms with Crippen LogP contribution in [0.25, 0.3) is 0 Å². The van der Waals surface area contributed by atoms with Crippen molar-refractivity contribution in [1.29, 1.82) is 0 Å². The van der Waals surface area contributed by atoms with Gasteiger partial charge in [-0.15, -0.1) is 0 Å². The standard InChI is InChI=1S/C14H21NO4S/c1-18-13-4-3-10(8-14(13)19-2)7-12(15)11-5-6-20(16,17)9-11/h3-4,8,11-12H,5-7,9,15H2,1-2H3. The maximum absolute atomic E-state index is 11.5. The van der Waals surface area contributed by atoms with Crippen molar-refractivity contribution in [2.75, 3.05) is 25.7 Å². The molecule has 0 radical (unpaired) electrons. The summed E-state index contributed by atoms with van der Waals surface area (Å²) < 4.78 is 33.4. The van der Waals surface area contributed by atoms with Gasteiger partial charge in [0.25, 0.3) is 0 Å². The van der Waals surface area contributed by atoms with E-state index in [9.17, 15) is 8.42 Å². The predicted molar refractivity (Wildman–Crippen MR) is 78.0 cm³/mol. The Labute approximate surface area is 120 Å². The SMILES string of the molecule is COc1ccc(CC(N)C2CCS(=O)(=O)C2)cc1OC. The van der Waals surface area contributed by atoms with Crippen LogP contribution < -0.4 is 15.2 Å². The van der Waals surface area contributed by atoms with Gasteiger partial charge < -0.3 is 15.2 Å². The molecule has 5 nitrogen and oxygen atoms in total. The Bertz CT molecular complexity index is 571. The summed E-state index contributed by atoms with van der Waals surface area (Å²) >= 11 is 0. The number of hydrogen-bond donors (Lipinski definition) is 1. The molecule has 1 aliphatic heterocycles. The number of sulfone groups is 1. The van der Waals surface area contributed by atoms with Crippen LogP contribution in [0.4, 0.5) is 0 Å². The first-order chi connectivity index (χ1) is 9.45. The van der Waals surface area contributed by atoms with Crippen molar-refractivity contribution >= 4 is 9.84 Å². The molecule has 1 fully saturated rings. The van der Waals surface area contributed by atoms with Crippen molar-refractivity contribution in [3.63, 3.8) is 0 Å². The van der Waals surface area contributed by atoms with Crippen LogP contribution in [-0.2, 0) is 16.3 Å². The third kappa shape index (κ3) is 3.43. The largest absolute Gasteiger partial charge is 0.493 e. The Hall–Kier alpha value is -1.27. The topological polar surface area (TPSA) is 78.6 Å². The first kappa shape index (κ1) is 15.1. The van der Waals surface area contributed by atoms with Gasteiger partial charge in [0, 0.05) is 6.04 Å². The highest BCUT2D eigenvalue weighted by atomic mass is 32.2. The average Bonchev–Trinajstić information content (AvgIpc) is 2.79. The van der Waals surface area contributed by atoms with Crippen LogP contribution in [-0.4, -0.2) is 40.2 Å². The minimum atomic E-state index is -2.88. The zero-order chi connectivity index (χ0) is 14.8. The van der Waals surface area contributed by atoms with E-state index in [1.54, 1.807) is 14.2 Å². The molecule has 112 valence electrons. The van der Waals surface area contributed by atoms with Gasteiger partial charge in [-0.1, -0.05) is 6.07 Å². The number of nitrogens with two attached hydrogens (primary N) is 1. The second kappa shape index (κ2) is 6.01. The summed E-state index contributed by atoms with van der Waals surface area (Å²) in [6.07, 6.45) is 1.30. The number of rotatable bonds is 5. The molecule has 0 amide bonds. The van der Waals surface area contributed by atoms with Crippen LogP contribution in [0.5, 0.6) is 11.5 Å². The van der Waals surface area contributed by atoms with Crippen molar-refractivity contribution in [1.82, 2.24) is 0 Å². The second-order valence-corrected chi connectivity index (χ2v) is 7.45. The van der Waals surface area contributed by atoms with Crippen molar-refractivity contribution < 1.29 is 17.9 Å². The molecule has 2 unspecified atom stereocenters. The molecule has 2 atom stereocenters. The van der Waals surface area contributed by atoms with Gasteiger partial charge >= 0.3 is 0 Å². The lowest BCUT2D eigenvalue weighted by Gasteiger charge is -2.18. The summed E-state index contributed by atoms with van der Waals surface area (Å²) in [5, 5.41) is 0. The minimum absolute atomic E-state index is 0.0492. The van der Waals surface area contributed by atoms with E-state index < -0.39 is 9.84 Å². The van der Waals surface area contributed by atoms with Crippen LogP contribution in [0.3, 0.4) is 0 Å². The first-order valence-corrected chi connectivity index (χ1v) is 8.44. The fraction of sp³-hybridized carbons (Fsp3) is 0.571. The van der Waals surface area contributed by atoms with Gasteiger partial charge in [0.05, 0.1) is 25.7 Å². The van der Waals surface area contributed by atoms with Gasteiger partial charge in [-0.3, -0.25) is 0 Å². The molecule has 1 aromatic rings. The molecular formula is C14H21NO4S. The summed E-state index contributed by atoms with van der Waals surface area (Å²) in [6, 6.07) is 5.52. The summed E-state index contributed by atoms with van der Waals surface area (Å²) in [4.78, 5) is 0. The van der Waals surface area contributed by atoms with Crippen LogP contribution in [0, 0.1) is 5.92 Å². The molecular weight excluding hydrogens is 278 g/mol. The lowest BCUT2D eigenvalue weighted by atomic mass is 9.94. The maximum Gasteiger partial charge on any atom is 0.160 e. The highest BCUT2D eigenvalue weighted by Crippen LogP contribution is 2.29. The average molecular weight is 299 g/mol. The number of benzene rings is 1. The quantitative estimate of drug-likeness (QED) is 0.878. The monoisotopic (exact) mass is 299 g/mol. The first-order valence-electron chi connectivity index (χ1n) is 6.62. The third-order valence-corrected chi connectivity index (χ3v) is 5.59. The molecule has 1 aliphatic rings. The predicted octanol–water partition coefficient (Wildman–Crippen LogP) is 1.01. The van der Waals surface area contributed by atoms with Crippen LogP contribution in [0.2, 0.25) is 0 Å². The van der Waals surface area contributed by atoms with E-state index in [1.807, 2.05) is 18.2 Å². The normalized spacial score (nSPS) is 22.4. The summed E-state index contributed by atoms with van der Waals surface area (Å²) in [5.74, 6) is 1.86. The molecule has 0 spiro atoms. The van der Waals surface area contributed by atoms with Gasteiger partial charge in [-0.25, -0.2) is 8.42 Å². The molecule has 0 saturated carbocycles. The Morgan fingerprint density at radius 1 is 1.30 bits per heavy atom. The molecule has 6 heteroatoms. The Balaban J connectivity index is 2.06. The molecule has 2 N–H and O–H groups in total. The smallest absolute Gasteiger partial charge is 0.160 e. The summed E-state index contributed by atoms with van der Waals surface area (Å²) in [5.41, 5.74) is 7.18. The van der Waals surface area contributed by atoms with Crippen LogP contribution >= 0.6 is 0 Å². The van der Waals surface area contributed by atoms with E-state index in [0.717, 1.165) is 5.56 Å². The van der Waals surface area contributed by atoms with Gasteiger partial charge in [-0.2, -0.15) is 0 Å². The van der Waals surface area contributed by atoms with E-state index in [2.05, 4.69) is 0 Å². The van der Waals surface area contributed by atoms with E-state index in [-0.39, 0.29) is 23.5 Å². The van der Waals surface area contributed by atoms with Crippen molar-refractivity contribution in [2.45, 2.75) is 18.9 Å². The number of methoxy groups -OCH3 is 2. The van der Waals surface area contributed by atoms with Crippen molar-refractivity contribution in [2.24, 2.45) is 11.7 Å². The zero-order valence-corrected chi connectivity index (χ0v) is 12.7. The van der Waals surface area contributed by atoms with E-state index in [1.165, 1.54) is 0 Å². The summed E-state index contributed by atoms with van der Waals surface area (Å²) in [7, 11) is 0.297. The Kier molecular flexibility index (Phi) is 4.55. The fourth-order valence-electron chi connectivity index (χ4n) is 2.61. The molecule has 0 aliphatic carbocycles. The summed E-state index contributed by atoms with van der Waals surface area (Å²) in [6.45, 7) is 0. The second-order valence-electron chi connectivity index (χ2n) is 5.22. The zero-order valence-electron chi connectivity index (χ0n) is 11.8. The van der Waals surface area contributed by atoms with Gasteiger partial charge in [0.2, 0.25) is 0 Å². The molecule has 1 heterocycles. The lowest BCUT2D eigenvalue weighted by Crippen LogP contribution is -2.33. The Morgan fingerprint density at radius 3 is 2.55 bits per heavy atom. The van der Waals surface area contributed by atoms with E-state index >= 15 is 0 Å². The maximum atomic E-state index is 11.5. The minimum Gasteiger partial charge on any atom is -0.493 e. The van der Waals surface area contributed by atoms with Crippen LogP contribution in [0.1, 0.15) is 12.0 Å². The molecule has 1 aromatic carbocycles. The Morgan fingerprint density at radius 2 is 2.00 bits per heavy atom. The van der Waals surface area contributed by atoms with Gasteiger partial charge in [0.1, 0.15) is 0 Å². The van der Waals surface area contributed by atoms with Crippen molar-refractivity contribution in [3.8, 4) is 11.5 Å². The molecule has 1 saturated heterocycles. The number of ether oxygens (including phenoxy) is 2. The fourth-order valence-corrected chi connectivity index (χ4v) is 4.50. The third-order valence-electron chi connectivity index (χ3n) is 3.79. The molecule has 0 aromatic heterocycles. The molecule has 20 heavy (non-hydrogen) atoms. The highest BCUT2D eigenvalue weighted by molar-refractivity contribution is 7.91. The van der Waals surface area contributed by atoms with Gasteiger partial charge in [0.15, 0.2) is 21.3 Å². The number of hydrogen-bond acceptors (Lipinski definition) is 5. The lowest BCUT2D eigenvalue weighted by molar-refractivity contribution is 0.354. The highest BCUT2D eigenvalue weighted by Gasteiger charge is 2.32. The van der Waals surface area contributed by atoms with E-state index in [0.29, 0.717) is 24.3 Å². The molecule has 2 rings (SSSR count). The van der Waals surface area contributed by atoms with Crippen molar-refractivity contribution in [3.05, 3.63) is 23.8 Å².